The van der Waals surface area contributed by atoms with Gasteiger partial charge >= 0.3 is 6.18 Å². The maximum Gasteiger partial charge on any atom is 0.416 e. The lowest BCUT2D eigenvalue weighted by atomic mass is 10.1. The molecule has 13 heavy (non-hydrogen) atoms. The highest BCUT2D eigenvalue weighted by Crippen LogP contribution is 2.30. The van der Waals surface area contributed by atoms with E-state index in [2.05, 4.69) is 0 Å². The molecule has 0 aliphatic carbocycles. The zero-order valence-electron chi connectivity index (χ0n) is 6.53. The molecule has 0 saturated carbocycles. The Balaban J connectivity index is 3.10. The third-order valence-corrected chi connectivity index (χ3v) is 2.60. The summed E-state index contributed by atoms with van der Waals surface area (Å²) in [6.45, 7) is 0.260. The van der Waals surface area contributed by atoms with Gasteiger partial charge in [-0.25, -0.2) is 0 Å². The molecule has 0 amide bonds. The number of alkyl halides is 3. The lowest BCUT2D eigenvalue weighted by molar-refractivity contribution is -0.137. The summed E-state index contributed by atoms with van der Waals surface area (Å²) >= 11 is 1.85. The molecule has 0 aliphatic rings. The lowest BCUT2D eigenvalue weighted by Crippen LogP contribution is -2.07. The van der Waals surface area contributed by atoms with Gasteiger partial charge in [0.15, 0.2) is 0 Å². The highest BCUT2D eigenvalue weighted by Gasteiger charge is 2.30. The number of rotatable bonds is 1. The largest absolute Gasteiger partial charge is 0.416 e. The van der Waals surface area contributed by atoms with E-state index < -0.39 is 11.7 Å². The first kappa shape index (κ1) is 10.8. The van der Waals surface area contributed by atoms with Gasteiger partial charge in [-0.15, -0.1) is 0 Å². The van der Waals surface area contributed by atoms with Crippen LogP contribution in [0.1, 0.15) is 11.1 Å². The van der Waals surface area contributed by atoms with E-state index in [0.717, 1.165) is 17.7 Å². The molecular formula is C8H7F3IN. The van der Waals surface area contributed by atoms with Gasteiger partial charge in [0.05, 0.1) is 5.56 Å². The van der Waals surface area contributed by atoms with E-state index in [4.69, 9.17) is 5.73 Å². The van der Waals surface area contributed by atoms with Crippen molar-refractivity contribution in [2.75, 3.05) is 0 Å². The molecule has 0 fully saturated rings. The molecule has 1 rings (SSSR count). The van der Waals surface area contributed by atoms with Crippen LogP contribution in [-0.4, -0.2) is 0 Å². The minimum atomic E-state index is -4.27. The van der Waals surface area contributed by atoms with Crippen LogP contribution in [0.2, 0.25) is 0 Å². The Morgan fingerprint density at radius 3 is 2.31 bits per heavy atom. The predicted molar refractivity (Wildman–Crippen MR) is 52.1 cm³/mol. The molecule has 0 aliphatic heterocycles. The minimum absolute atomic E-state index is 0.260. The van der Waals surface area contributed by atoms with Crippen molar-refractivity contribution in [1.29, 1.82) is 0 Å². The average molecular weight is 301 g/mol. The van der Waals surface area contributed by atoms with E-state index in [9.17, 15) is 13.2 Å². The van der Waals surface area contributed by atoms with Gasteiger partial charge in [0.2, 0.25) is 0 Å². The zero-order valence-corrected chi connectivity index (χ0v) is 8.69. The molecule has 5 heteroatoms. The second-order valence-electron chi connectivity index (χ2n) is 2.51. The van der Waals surface area contributed by atoms with Crippen molar-refractivity contribution >= 4 is 22.6 Å². The smallest absolute Gasteiger partial charge is 0.326 e. The second kappa shape index (κ2) is 3.83. The van der Waals surface area contributed by atoms with Crippen molar-refractivity contribution in [1.82, 2.24) is 0 Å². The molecule has 1 nitrogen and oxygen atoms in total. The van der Waals surface area contributed by atoms with Crippen molar-refractivity contribution in [3.8, 4) is 0 Å². The molecule has 2 N–H and O–H groups in total. The Bertz CT molecular complexity index is 309. The minimum Gasteiger partial charge on any atom is -0.326 e. The first-order valence-electron chi connectivity index (χ1n) is 3.51. The maximum absolute atomic E-state index is 12.2. The van der Waals surface area contributed by atoms with Crippen molar-refractivity contribution in [3.63, 3.8) is 0 Å². The van der Waals surface area contributed by atoms with Crippen LogP contribution < -0.4 is 5.73 Å². The molecule has 0 unspecified atom stereocenters. The molecule has 1 aromatic rings. The molecule has 0 heterocycles. The summed E-state index contributed by atoms with van der Waals surface area (Å²) in [6, 6.07) is 3.55. The van der Waals surface area contributed by atoms with Crippen LogP contribution in [0.15, 0.2) is 18.2 Å². The molecule has 0 spiro atoms. The summed E-state index contributed by atoms with van der Waals surface area (Å²) in [5, 5.41) is 0. The van der Waals surface area contributed by atoms with E-state index in [-0.39, 0.29) is 6.54 Å². The van der Waals surface area contributed by atoms with Gasteiger partial charge in [-0.2, -0.15) is 13.2 Å². The summed E-state index contributed by atoms with van der Waals surface area (Å²) in [4.78, 5) is 0. The average Bonchev–Trinajstić information content (AvgIpc) is 2.02. The van der Waals surface area contributed by atoms with Gasteiger partial charge in [0.1, 0.15) is 0 Å². The second-order valence-corrected chi connectivity index (χ2v) is 3.67. The van der Waals surface area contributed by atoms with Crippen molar-refractivity contribution in [2.24, 2.45) is 5.73 Å². The topological polar surface area (TPSA) is 26.0 Å². The molecule has 72 valence electrons. The Morgan fingerprint density at radius 2 is 1.92 bits per heavy atom. The molecular weight excluding hydrogens is 294 g/mol. The molecule has 1 aromatic carbocycles. The third-order valence-electron chi connectivity index (χ3n) is 1.60. The molecule has 0 radical (unpaired) electrons. The fraction of sp³-hybridized carbons (Fsp3) is 0.250. The molecule has 0 saturated heterocycles. The number of hydrogen-bond acceptors (Lipinski definition) is 1. The zero-order chi connectivity index (χ0) is 10.1. The highest BCUT2D eigenvalue weighted by molar-refractivity contribution is 14.1. The first-order chi connectivity index (χ1) is 5.95. The van der Waals surface area contributed by atoms with Crippen LogP contribution in [0.25, 0.3) is 0 Å². The van der Waals surface area contributed by atoms with Crippen LogP contribution in [0.3, 0.4) is 0 Å². The summed E-state index contributed by atoms with van der Waals surface area (Å²) in [7, 11) is 0. The third kappa shape index (κ3) is 2.57. The number of hydrogen-bond donors (Lipinski definition) is 1. The highest BCUT2D eigenvalue weighted by atomic mass is 127. The van der Waals surface area contributed by atoms with Gasteiger partial charge in [0, 0.05) is 10.1 Å². The predicted octanol–water partition coefficient (Wildman–Crippen LogP) is 2.77. The van der Waals surface area contributed by atoms with E-state index in [0.29, 0.717) is 3.57 Å². The Hall–Kier alpha value is -0.300. The SMILES string of the molecule is NCc1ccc(C(F)(F)F)cc1I. The summed E-state index contributed by atoms with van der Waals surface area (Å²) < 4.78 is 37.1. The van der Waals surface area contributed by atoms with E-state index >= 15 is 0 Å². The van der Waals surface area contributed by atoms with Gasteiger partial charge in [-0.3, -0.25) is 0 Å². The van der Waals surface area contributed by atoms with Crippen molar-refractivity contribution < 1.29 is 13.2 Å². The Kier molecular flexibility index (Phi) is 3.18. The van der Waals surface area contributed by atoms with Crippen LogP contribution in [0.4, 0.5) is 13.2 Å². The van der Waals surface area contributed by atoms with Crippen LogP contribution >= 0.6 is 22.6 Å². The van der Waals surface area contributed by atoms with Gasteiger partial charge in [-0.1, -0.05) is 6.07 Å². The Morgan fingerprint density at radius 1 is 1.31 bits per heavy atom. The standard InChI is InChI=1S/C8H7F3IN/c9-8(10,11)6-2-1-5(4-13)7(12)3-6/h1-3H,4,13H2. The van der Waals surface area contributed by atoms with Crippen LogP contribution in [-0.2, 0) is 12.7 Å². The normalized spacial score (nSPS) is 11.8. The first-order valence-corrected chi connectivity index (χ1v) is 4.58. The fourth-order valence-electron chi connectivity index (χ4n) is 0.889. The number of nitrogens with two attached hydrogens (primary N) is 1. The summed E-state index contributed by atoms with van der Waals surface area (Å²) in [6.07, 6.45) is -4.27. The van der Waals surface area contributed by atoms with E-state index in [1.165, 1.54) is 6.07 Å². The quantitative estimate of drug-likeness (QED) is 0.793. The van der Waals surface area contributed by atoms with Gasteiger partial charge in [-0.05, 0) is 40.3 Å². The maximum atomic E-state index is 12.2. The van der Waals surface area contributed by atoms with Gasteiger partial charge in [0.25, 0.3) is 0 Å². The summed E-state index contributed by atoms with van der Waals surface area (Å²) in [5.74, 6) is 0. The number of halogens is 4. The van der Waals surface area contributed by atoms with Crippen molar-refractivity contribution in [3.05, 3.63) is 32.9 Å². The van der Waals surface area contributed by atoms with Gasteiger partial charge < -0.3 is 5.73 Å². The van der Waals surface area contributed by atoms with Crippen molar-refractivity contribution in [2.45, 2.75) is 12.7 Å². The van der Waals surface area contributed by atoms with E-state index in [1.54, 1.807) is 0 Å². The molecule has 0 atom stereocenters. The van der Waals surface area contributed by atoms with Crippen LogP contribution in [0, 0.1) is 3.57 Å². The fourth-order valence-corrected chi connectivity index (χ4v) is 1.62. The van der Waals surface area contributed by atoms with Crippen LogP contribution in [0.5, 0.6) is 0 Å². The molecule has 0 bridgehead atoms. The lowest BCUT2D eigenvalue weighted by Gasteiger charge is -2.08. The number of benzene rings is 1. The monoisotopic (exact) mass is 301 g/mol. The molecule has 0 aromatic heterocycles. The Labute approximate surface area is 87.3 Å². The summed E-state index contributed by atoms with van der Waals surface area (Å²) in [5.41, 5.74) is 5.42. The van der Waals surface area contributed by atoms with E-state index in [1.807, 2.05) is 22.6 Å².